The van der Waals surface area contributed by atoms with Gasteiger partial charge in [0.2, 0.25) is 0 Å². The van der Waals surface area contributed by atoms with Crippen LogP contribution in [0.5, 0.6) is 0 Å². The standard InChI is InChI=1S/C15H24N2O2/c1-12(15(2,3)4)11-16-10-9-13-5-7-14(8-6-13)17(18)19/h5-8,12,16H,9-11H2,1-4H3. The molecule has 1 rings (SSSR count). The largest absolute Gasteiger partial charge is 0.316 e. The van der Waals surface area contributed by atoms with Crippen molar-refractivity contribution in [1.29, 1.82) is 0 Å². The smallest absolute Gasteiger partial charge is 0.269 e. The molecule has 0 fully saturated rings. The van der Waals surface area contributed by atoms with E-state index in [1.54, 1.807) is 12.1 Å². The van der Waals surface area contributed by atoms with Gasteiger partial charge < -0.3 is 5.32 Å². The SMILES string of the molecule is CC(CNCCc1ccc([N+](=O)[O-])cc1)C(C)(C)C. The van der Waals surface area contributed by atoms with Gasteiger partial charge in [0.25, 0.3) is 5.69 Å². The molecule has 0 amide bonds. The van der Waals surface area contributed by atoms with E-state index < -0.39 is 0 Å². The van der Waals surface area contributed by atoms with Crippen LogP contribution in [0.4, 0.5) is 5.69 Å². The average Bonchev–Trinajstić information content (AvgIpc) is 2.33. The van der Waals surface area contributed by atoms with Gasteiger partial charge in [0.05, 0.1) is 4.92 Å². The summed E-state index contributed by atoms with van der Waals surface area (Å²) in [6, 6.07) is 6.78. The van der Waals surface area contributed by atoms with E-state index in [-0.39, 0.29) is 10.6 Å². The van der Waals surface area contributed by atoms with Gasteiger partial charge in [-0.3, -0.25) is 10.1 Å². The monoisotopic (exact) mass is 264 g/mol. The third-order valence-electron chi connectivity index (χ3n) is 3.67. The van der Waals surface area contributed by atoms with Crippen LogP contribution in [-0.2, 0) is 6.42 Å². The Bertz CT molecular complexity index is 407. The van der Waals surface area contributed by atoms with Crippen molar-refractivity contribution >= 4 is 5.69 Å². The summed E-state index contributed by atoms with van der Waals surface area (Å²) in [4.78, 5) is 10.2. The van der Waals surface area contributed by atoms with E-state index in [1.807, 2.05) is 12.1 Å². The minimum Gasteiger partial charge on any atom is -0.316 e. The summed E-state index contributed by atoms with van der Waals surface area (Å²) in [5.41, 5.74) is 1.60. The van der Waals surface area contributed by atoms with E-state index in [4.69, 9.17) is 0 Å². The molecule has 1 unspecified atom stereocenters. The Hall–Kier alpha value is -1.42. The molecule has 106 valence electrons. The van der Waals surface area contributed by atoms with Crippen LogP contribution in [0, 0.1) is 21.4 Å². The minimum absolute atomic E-state index is 0.151. The van der Waals surface area contributed by atoms with Crippen molar-refractivity contribution in [2.75, 3.05) is 13.1 Å². The Morgan fingerprint density at radius 3 is 2.32 bits per heavy atom. The molecular formula is C15H24N2O2. The first kappa shape index (κ1) is 15.6. The highest BCUT2D eigenvalue weighted by Gasteiger charge is 2.18. The average molecular weight is 264 g/mol. The lowest BCUT2D eigenvalue weighted by Gasteiger charge is -2.27. The number of hydrogen-bond acceptors (Lipinski definition) is 3. The number of non-ortho nitro benzene ring substituents is 1. The Morgan fingerprint density at radius 1 is 1.26 bits per heavy atom. The Balaban J connectivity index is 2.32. The van der Waals surface area contributed by atoms with Crippen LogP contribution in [-0.4, -0.2) is 18.0 Å². The number of rotatable bonds is 6. The zero-order valence-corrected chi connectivity index (χ0v) is 12.3. The highest BCUT2D eigenvalue weighted by atomic mass is 16.6. The molecule has 4 nitrogen and oxygen atoms in total. The summed E-state index contributed by atoms with van der Waals surface area (Å²) < 4.78 is 0. The van der Waals surface area contributed by atoms with Gasteiger partial charge in [0, 0.05) is 12.1 Å². The van der Waals surface area contributed by atoms with E-state index in [0.29, 0.717) is 11.3 Å². The second-order valence-corrected chi connectivity index (χ2v) is 6.14. The molecule has 0 saturated carbocycles. The first-order chi connectivity index (χ1) is 8.80. The van der Waals surface area contributed by atoms with Crippen LogP contribution in [0.3, 0.4) is 0 Å². The van der Waals surface area contributed by atoms with Crippen LogP contribution in [0.2, 0.25) is 0 Å². The number of benzene rings is 1. The molecule has 0 aliphatic heterocycles. The number of nitro benzene ring substituents is 1. The molecule has 0 aromatic heterocycles. The predicted octanol–water partition coefficient (Wildman–Crippen LogP) is 3.41. The third-order valence-corrected chi connectivity index (χ3v) is 3.67. The van der Waals surface area contributed by atoms with Gasteiger partial charge in [-0.2, -0.15) is 0 Å². The summed E-state index contributed by atoms with van der Waals surface area (Å²) in [6.45, 7) is 10.9. The molecule has 0 aliphatic rings. The highest BCUT2D eigenvalue weighted by Crippen LogP contribution is 2.24. The fraction of sp³-hybridized carbons (Fsp3) is 0.600. The molecule has 1 N–H and O–H groups in total. The van der Waals surface area contributed by atoms with Gasteiger partial charge in [0.15, 0.2) is 0 Å². The number of hydrogen-bond donors (Lipinski definition) is 1. The lowest BCUT2D eigenvalue weighted by atomic mass is 9.82. The molecule has 19 heavy (non-hydrogen) atoms. The zero-order valence-electron chi connectivity index (χ0n) is 12.3. The molecule has 1 aromatic carbocycles. The van der Waals surface area contributed by atoms with E-state index in [1.165, 1.54) is 0 Å². The maximum Gasteiger partial charge on any atom is 0.269 e. The Kier molecular flexibility index (Phi) is 5.48. The van der Waals surface area contributed by atoms with Gasteiger partial charge in [-0.15, -0.1) is 0 Å². The predicted molar refractivity (Wildman–Crippen MR) is 78.3 cm³/mol. The fourth-order valence-corrected chi connectivity index (χ4v) is 1.64. The second-order valence-electron chi connectivity index (χ2n) is 6.14. The zero-order chi connectivity index (χ0) is 14.5. The summed E-state index contributed by atoms with van der Waals surface area (Å²) in [7, 11) is 0. The topological polar surface area (TPSA) is 55.2 Å². The summed E-state index contributed by atoms with van der Waals surface area (Å²) >= 11 is 0. The normalized spacial score (nSPS) is 13.3. The van der Waals surface area contributed by atoms with Crippen molar-refractivity contribution < 1.29 is 4.92 Å². The van der Waals surface area contributed by atoms with E-state index in [9.17, 15) is 10.1 Å². The van der Waals surface area contributed by atoms with Crippen LogP contribution >= 0.6 is 0 Å². The lowest BCUT2D eigenvalue weighted by molar-refractivity contribution is -0.384. The van der Waals surface area contributed by atoms with Crippen LogP contribution in [0.15, 0.2) is 24.3 Å². The Labute approximate surface area is 115 Å². The summed E-state index contributed by atoms with van der Waals surface area (Å²) in [5, 5.41) is 14.0. The molecule has 0 aliphatic carbocycles. The van der Waals surface area contributed by atoms with Crippen LogP contribution in [0.25, 0.3) is 0 Å². The van der Waals surface area contributed by atoms with Gasteiger partial charge in [0.1, 0.15) is 0 Å². The van der Waals surface area contributed by atoms with E-state index in [0.717, 1.165) is 25.1 Å². The van der Waals surface area contributed by atoms with Crippen molar-refractivity contribution in [3.63, 3.8) is 0 Å². The first-order valence-electron chi connectivity index (χ1n) is 6.75. The van der Waals surface area contributed by atoms with Crippen molar-refractivity contribution in [2.24, 2.45) is 11.3 Å². The molecule has 1 atom stereocenters. The molecule has 0 saturated heterocycles. The van der Waals surface area contributed by atoms with Crippen molar-refractivity contribution in [3.8, 4) is 0 Å². The molecular weight excluding hydrogens is 240 g/mol. The lowest BCUT2D eigenvalue weighted by Crippen LogP contribution is -2.30. The van der Waals surface area contributed by atoms with Gasteiger partial charge in [-0.25, -0.2) is 0 Å². The van der Waals surface area contributed by atoms with Gasteiger partial charge >= 0.3 is 0 Å². The molecule has 0 bridgehead atoms. The van der Waals surface area contributed by atoms with E-state index >= 15 is 0 Å². The van der Waals surface area contributed by atoms with E-state index in [2.05, 4.69) is 33.0 Å². The quantitative estimate of drug-likeness (QED) is 0.486. The third kappa shape index (κ3) is 5.39. The van der Waals surface area contributed by atoms with Crippen molar-refractivity contribution in [2.45, 2.75) is 34.1 Å². The maximum atomic E-state index is 10.5. The number of nitrogens with zero attached hydrogens (tertiary/aromatic N) is 1. The van der Waals surface area contributed by atoms with Crippen molar-refractivity contribution in [3.05, 3.63) is 39.9 Å². The molecule has 0 heterocycles. The fourth-order valence-electron chi connectivity index (χ4n) is 1.64. The van der Waals surface area contributed by atoms with Gasteiger partial charge in [-0.05, 0) is 36.4 Å². The second kappa shape index (κ2) is 6.66. The van der Waals surface area contributed by atoms with Gasteiger partial charge in [-0.1, -0.05) is 39.8 Å². The minimum atomic E-state index is -0.368. The maximum absolute atomic E-state index is 10.5. The number of nitrogens with one attached hydrogen (secondary N) is 1. The molecule has 1 aromatic rings. The van der Waals surface area contributed by atoms with Crippen LogP contribution in [0.1, 0.15) is 33.3 Å². The van der Waals surface area contributed by atoms with Crippen molar-refractivity contribution in [1.82, 2.24) is 5.32 Å². The summed E-state index contributed by atoms with van der Waals surface area (Å²) in [5.74, 6) is 0.615. The van der Waals surface area contributed by atoms with Crippen LogP contribution < -0.4 is 5.32 Å². The highest BCUT2D eigenvalue weighted by molar-refractivity contribution is 5.32. The number of nitro groups is 1. The molecule has 0 radical (unpaired) electrons. The molecule has 4 heteroatoms. The Morgan fingerprint density at radius 2 is 1.84 bits per heavy atom. The molecule has 0 spiro atoms. The summed E-state index contributed by atoms with van der Waals surface area (Å²) in [6.07, 6.45) is 0.898. The first-order valence-corrected chi connectivity index (χ1v) is 6.75.